The second-order valence-electron chi connectivity index (χ2n) is 12.3. The van der Waals surface area contributed by atoms with E-state index in [0.717, 1.165) is 29.7 Å². The van der Waals surface area contributed by atoms with E-state index in [4.69, 9.17) is 5.10 Å². The van der Waals surface area contributed by atoms with Gasteiger partial charge in [0.15, 0.2) is 0 Å². The normalized spacial score (nSPS) is 43.9. The fraction of sp³-hybridized carbons (Fsp3) is 0.724. The molecule has 4 heteroatoms. The number of nitrogens with zero attached hydrogens (tertiary/aromatic N) is 2. The monoisotopic (exact) mass is 450 g/mol. The van der Waals surface area contributed by atoms with Crippen molar-refractivity contribution in [1.82, 2.24) is 5.01 Å². The van der Waals surface area contributed by atoms with Gasteiger partial charge in [-0.05, 0) is 91.7 Å². The minimum atomic E-state index is -0.227. The molecule has 0 N–H and O–H groups in total. The average Bonchev–Trinajstić information content (AvgIpc) is 3.32. The van der Waals surface area contributed by atoms with Crippen molar-refractivity contribution in [1.29, 1.82) is 0 Å². The van der Waals surface area contributed by atoms with Gasteiger partial charge in [0.25, 0.3) is 0 Å². The van der Waals surface area contributed by atoms with Crippen molar-refractivity contribution in [3.05, 3.63) is 35.6 Å². The molecule has 1 amide bonds. The Morgan fingerprint density at radius 1 is 1.12 bits per heavy atom. The highest BCUT2D eigenvalue weighted by Crippen LogP contribution is 2.68. The highest BCUT2D eigenvalue weighted by molar-refractivity contribution is 5.98. The molecule has 0 unspecified atom stereocenters. The van der Waals surface area contributed by atoms with Crippen molar-refractivity contribution < 1.29 is 9.18 Å². The molecule has 4 saturated carbocycles. The molecule has 8 atom stereocenters. The summed E-state index contributed by atoms with van der Waals surface area (Å²) in [6, 6.07) is 6.74. The fourth-order valence-corrected chi connectivity index (χ4v) is 9.43. The number of carbonyl (C=O) groups is 1. The van der Waals surface area contributed by atoms with Crippen molar-refractivity contribution in [3.63, 3.8) is 0 Å². The zero-order valence-corrected chi connectivity index (χ0v) is 20.5. The minimum absolute atomic E-state index is 0.0511. The largest absolute Gasteiger partial charge is 0.273 e. The second kappa shape index (κ2) is 7.65. The van der Waals surface area contributed by atoms with Crippen LogP contribution in [0.1, 0.15) is 96.6 Å². The van der Waals surface area contributed by atoms with Crippen LogP contribution in [0.2, 0.25) is 0 Å². The Morgan fingerprint density at radius 3 is 2.76 bits per heavy atom. The van der Waals surface area contributed by atoms with Crippen LogP contribution >= 0.6 is 0 Å². The van der Waals surface area contributed by atoms with Crippen molar-refractivity contribution in [2.45, 2.75) is 91.0 Å². The summed E-state index contributed by atoms with van der Waals surface area (Å²) in [4.78, 5) is 12.9. The zero-order valence-electron chi connectivity index (χ0n) is 20.5. The SMILES string of the molecule is CCC(=O)N1N=C2[C@H](C[C@H]3[C@@H]4CC[C@@H]5CCCC[C@]5(C)[C@H]4CC[C@]23C)[C@H]1c1cccc(F)c1. The highest BCUT2D eigenvalue weighted by atomic mass is 19.1. The Kier molecular flexibility index (Phi) is 5.05. The Morgan fingerprint density at radius 2 is 1.97 bits per heavy atom. The minimum Gasteiger partial charge on any atom is -0.273 e. The molecule has 3 nitrogen and oxygen atoms in total. The first kappa shape index (κ1) is 21.8. The lowest BCUT2D eigenvalue weighted by Crippen LogP contribution is -2.52. The van der Waals surface area contributed by atoms with Gasteiger partial charge in [0.2, 0.25) is 5.91 Å². The molecular formula is C29H39FN2O. The summed E-state index contributed by atoms with van der Waals surface area (Å²) < 4.78 is 14.2. The number of rotatable bonds is 2. The molecule has 0 bridgehead atoms. The van der Waals surface area contributed by atoms with Gasteiger partial charge in [-0.2, -0.15) is 5.10 Å². The first-order valence-corrected chi connectivity index (χ1v) is 13.5. The summed E-state index contributed by atoms with van der Waals surface area (Å²) in [5, 5.41) is 6.80. The highest BCUT2D eigenvalue weighted by Gasteiger charge is 2.64. The summed E-state index contributed by atoms with van der Waals surface area (Å²) in [7, 11) is 0. The fourth-order valence-electron chi connectivity index (χ4n) is 9.43. The number of fused-ring (bicyclic) bond motifs is 7. The Bertz CT molecular complexity index is 990. The van der Waals surface area contributed by atoms with Crippen molar-refractivity contribution in [2.75, 3.05) is 0 Å². The lowest BCUT2D eigenvalue weighted by atomic mass is 9.45. The van der Waals surface area contributed by atoms with Gasteiger partial charge in [-0.1, -0.05) is 45.7 Å². The average molecular weight is 451 g/mol. The van der Waals surface area contributed by atoms with E-state index in [-0.39, 0.29) is 29.1 Å². The van der Waals surface area contributed by atoms with E-state index in [9.17, 15) is 9.18 Å². The molecule has 33 heavy (non-hydrogen) atoms. The Balaban J connectivity index is 1.37. The van der Waals surface area contributed by atoms with E-state index in [1.54, 1.807) is 17.1 Å². The van der Waals surface area contributed by atoms with E-state index in [0.29, 0.717) is 17.8 Å². The van der Waals surface area contributed by atoms with Gasteiger partial charge in [-0.15, -0.1) is 0 Å². The molecule has 178 valence electrons. The number of hydrogen-bond acceptors (Lipinski definition) is 2. The van der Waals surface area contributed by atoms with Crippen LogP contribution in [0.5, 0.6) is 0 Å². The van der Waals surface area contributed by atoms with E-state index in [1.807, 2.05) is 13.0 Å². The Labute approximate surface area is 198 Å². The topological polar surface area (TPSA) is 32.7 Å². The summed E-state index contributed by atoms with van der Waals surface area (Å²) >= 11 is 0. The third-order valence-electron chi connectivity index (χ3n) is 11.0. The van der Waals surface area contributed by atoms with Crippen molar-refractivity contribution >= 4 is 11.6 Å². The maximum absolute atomic E-state index is 14.2. The quantitative estimate of drug-likeness (QED) is 0.471. The van der Waals surface area contributed by atoms with Gasteiger partial charge in [0, 0.05) is 17.8 Å². The van der Waals surface area contributed by atoms with Gasteiger partial charge >= 0.3 is 0 Å². The van der Waals surface area contributed by atoms with Gasteiger partial charge < -0.3 is 0 Å². The van der Waals surface area contributed by atoms with Crippen molar-refractivity contribution in [3.8, 4) is 0 Å². The second-order valence-corrected chi connectivity index (χ2v) is 12.3. The number of halogens is 1. The van der Waals surface area contributed by atoms with E-state index in [1.165, 1.54) is 63.1 Å². The molecule has 0 aromatic heterocycles. The predicted molar refractivity (Wildman–Crippen MR) is 129 cm³/mol. The van der Waals surface area contributed by atoms with Gasteiger partial charge in [0.05, 0.1) is 11.8 Å². The van der Waals surface area contributed by atoms with Crippen LogP contribution in [0.3, 0.4) is 0 Å². The Hall–Kier alpha value is -1.71. The third-order valence-corrected chi connectivity index (χ3v) is 11.0. The maximum atomic E-state index is 14.2. The van der Waals surface area contributed by atoms with E-state index in [2.05, 4.69) is 13.8 Å². The molecule has 4 fully saturated rings. The lowest BCUT2D eigenvalue weighted by molar-refractivity contribution is -0.133. The molecule has 4 aliphatic carbocycles. The smallest absolute Gasteiger partial charge is 0.242 e. The standard InChI is InChI=1S/C29H39FN2O/c1-4-25(33)32-26(18-8-7-10-20(30)16-18)22-17-24-21-12-11-19-9-5-6-14-28(19,2)23(21)13-15-29(24,3)27(22)31-32/h7-8,10,16,19,21-24,26H,4-6,9,11-15,17H2,1-3H3/t19-,21+,22+,23-,24-,26+,28-,29-/m0/s1. The zero-order chi connectivity index (χ0) is 23.0. The van der Waals surface area contributed by atoms with Gasteiger partial charge in [-0.3, -0.25) is 4.79 Å². The third kappa shape index (κ3) is 3.04. The molecule has 1 aromatic carbocycles. The van der Waals surface area contributed by atoms with Crippen LogP contribution in [0.4, 0.5) is 4.39 Å². The van der Waals surface area contributed by atoms with E-state index < -0.39 is 0 Å². The number of hydrogen-bond donors (Lipinski definition) is 0. The summed E-state index contributed by atoms with van der Waals surface area (Å²) in [6.45, 7) is 6.98. The van der Waals surface area contributed by atoms with Gasteiger partial charge in [0.1, 0.15) is 5.82 Å². The molecule has 6 rings (SSSR count). The van der Waals surface area contributed by atoms with Gasteiger partial charge in [-0.25, -0.2) is 9.40 Å². The number of carbonyl (C=O) groups excluding carboxylic acids is 1. The van der Waals surface area contributed by atoms with Crippen LogP contribution in [0.25, 0.3) is 0 Å². The molecule has 1 aromatic rings. The van der Waals surface area contributed by atoms with Crippen LogP contribution in [0, 0.1) is 46.2 Å². The molecule has 0 saturated heterocycles. The van der Waals surface area contributed by atoms with Crippen LogP contribution in [0.15, 0.2) is 29.4 Å². The summed E-state index contributed by atoms with van der Waals surface area (Å²) in [5.74, 6) is 3.25. The first-order valence-electron chi connectivity index (χ1n) is 13.5. The maximum Gasteiger partial charge on any atom is 0.242 e. The molecular weight excluding hydrogens is 411 g/mol. The van der Waals surface area contributed by atoms with Crippen molar-refractivity contribution in [2.24, 2.45) is 45.5 Å². The van der Waals surface area contributed by atoms with Crippen LogP contribution < -0.4 is 0 Å². The first-order chi connectivity index (χ1) is 15.9. The number of benzene rings is 1. The number of amides is 1. The predicted octanol–water partition coefficient (Wildman–Crippen LogP) is 7.13. The van der Waals surface area contributed by atoms with Crippen LogP contribution in [-0.4, -0.2) is 16.6 Å². The van der Waals surface area contributed by atoms with E-state index >= 15 is 0 Å². The molecule has 1 heterocycles. The molecule has 0 spiro atoms. The molecule has 1 aliphatic heterocycles. The lowest BCUT2D eigenvalue weighted by Gasteiger charge is -2.59. The molecule has 5 aliphatic rings. The number of hydrazone groups is 1. The van der Waals surface area contributed by atoms with Crippen LogP contribution in [-0.2, 0) is 4.79 Å². The molecule has 0 radical (unpaired) electrons. The summed E-state index contributed by atoms with van der Waals surface area (Å²) in [6.07, 6.45) is 12.5. The summed E-state index contributed by atoms with van der Waals surface area (Å²) in [5.41, 5.74) is 2.76.